The first-order valence-corrected chi connectivity index (χ1v) is 7.14. The molecule has 0 radical (unpaired) electrons. The Hall–Kier alpha value is -2.40. The molecule has 1 N–H and O–H groups in total. The van der Waals surface area contributed by atoms with Crippen LogP contribution in [0.1, 0.15) is 13.8 Å². The standard InChI is InChI=1S/C17H19N3O2/c1-17(2,21)10-20-11-19-14-6-4-12(8-15(14)20)13-5-7-16(22-3)18-9-13/h4-9,11,21H,10H2,1-3H3. The van der Waals surface area contributed by atoms with E-state index in [1.807, 2.05) is 28.8 Å². The number of nitrogens with zero attached hydrogens (tertiary/aromatic N) is 3. The monoisotopic (exact) mass is 297 g/mol. The van der Waals surface area contributed by atoms with Crippen molar-refractivity contribution in [3.63, 3.8) is 0 Å². The van der Waals surface area contributed by atoms with Gasteiger partial charge < -0.3 is 14.4 Å². The quantitative estimate of drug-likeness (QED) is 0.804. The highest BCUT2D eigenvalue weighted by Gasteiger charge is 2.15. The Morgan fingerprint density at radius 3 is 2.55 bits per heavy atom. The molecule has 5 nitrogen and oxygen atoms in total. The van der Waals surface area contributed by atoms with Crippen LogP contribution in [0.3, 0.4) is 0 Å². The fraction of sp³-hybridized carbons (Fsp3) is 0.294. The number of rotatable bonds is 4. The van der Waals surface area contributed by atoms with Gasteiger partial charge in [0.25, 0.3) is 0 Å². The molecule has 0 unspecified atom stereocenters. The van der Waals surface area contributed by atoms with Crippen molar-refractivity contribution in [3.05, 3.63) is 42.9 Å². The predicted molar refractivity (Wildman–Crippen MR) is 85.8 cm³/mol. The molecule has 0 aliphatic heterocycles. The molecular weight excluding hydrogens is 278 g/mol. The van der Waals surface area contributed by atoms with Crippen LogP contribution >= 0.6 is 0 Å². The lowest BCUT2D eigenvalue weighted by molar-refractivity contribution is 0.0627. The maximum atomic E-state index is 10.0. The Bertz CT molecular complexity index is 786. The smallest absolute Gasteiger partial charge is 0.212 e. The zero-order valence-electron chi connectivity index (χ0n) is 12.9. The van der Waals surface area contributed by atoms with E-state index in [0.29, 0.717) is 12.4 Å². The van der Waals surface area contributed by atoms with Crippen LogP contribution in [-0.4, -0.2) is 32.4 Å². The van der Waals surface area contributed by atoms with Gasteiger partial charge in [0, 0.05) is 17.8 Å². The van der Waals surface area contributed by atoms with E-state index in [2.05, 4.69) is 16.0 Å². The molecule has 5 heteroatoms. The van der Waals surface area contributed by atoms with Gasteiger partial charge in [0.2, 0.25) is 5.88 Å². The molecule has 3 rings (SSSR count). The van der Waals surface area contributed by atoms with E-state index in [-0.39, 0.29) is 0 Å². The number of aromatic nitrogens is 3. The molecule has 0 saturated carbocycles. The second-order valence-corrected chi connectivity index (χ2v) is 5.98. The largest absolute Gasteiger partial charge is 0.481 e. The van der Waals surface area contributed by atoms with Crippen molar-refractivity contribution in [1.82, 2.24) is 14.5 Å². The van der Waals surface area contributed by atoms with Crippen LogP contribution in [0.15, 0.2) is 42.9 Å². The third-order valence-corrected chi connectivity index (χ3v) is 3.46. The van der Waals surface area contributed by atoms with Crippen LogP contribution in [-0.2, 0) is 6.54 Å². The Labute approximate surface area is 129 Å². The Morgan fingerprint density at radius 1 is 1.14 bits per heavy atom. The molecule has 0 saturated heterocycles. The van der Waals surface area contributed by atoms with Gasteiger partial charge in [0.1, 0.15) is 0 Å². The number of aliphatic hydroxyl groups is 1. The van der Waals surface area contributed by atoms with E-state index in [9.17, 15) is 5.11 Å². The lowest BCUT2D eigenvalue weighted by Crippen LogP contribution is -2.25. The van der Waals surface area contributed by atoms with Gasteiger partial charge in [-0.15, -0.1) is 0 Å². The van der Waals surface area contributed by atoms with Gasteiger partial charge in [-0.1, -0.05) is 6.07 Å². The number of hydrogen-bond acceptors (Lipinski definition) is 4. The van der Waals surface area contributed by atoms with Crippen molar-refractivity contribution >= 4 is 11.0 Å². The highest BCUT2D eigenvalue weighted by atomic mass is 16.5. The molecule has 2 heterocycles. The van der Waals surface area contributed by atoms with E-state index < -0.39 is 5.60 Å². The van der Waals surface area contributed by atoms with Crippen LogP contribution < -0.4 is 4.74 Å². The fourth-order valence-corrected chi connectivity index (χ4v) is 2.45. The first-order chi connectivity index (χ1) is 10.5. The number of benzene rings is 1. The lowest BCUT2D eigenvalue weighted by atomic mass is 10.1. The normalized spacial score (nSPS) is 11.8. The first-order valence-electron chi connectivity index (χ1n) is 7.14. The number of hydrogen-bond donors (Lipinski definition) is 1. The molecule has 1 aromatic carbocycles. The highest BCUT2D eigenvalue weighted by Crippen LogP contribution is 2.25. The Morgan fingerprint density at radius 2 is 1.91 bits per heavy atom. The van der Waals surface area contributed by atoms with Crippen molar-refractivity contribution < 1.29 is 9.84 Å². The number of ether oxygens (including phenoxy) is 1. The van der Waals surface area contributed by atoms with Gasteiger partial charge in [-0.2, -0.15) is 0 Å². The van der Waals surface area contributed by atoms with Crippen molar-refractivity contribution in [2.24, 2.45) is 0 Å². The molecule has 0 amide bonds. The summed E-state index contributed by atoms with van der Waals surface area (Å²) >= 11 is 0. The van der Waals surface area contributed by atoms with E-state index >= 15 is 0 Å². The van der Waals surface area contributed by atoms with E-state index in [4.69, 9.17) is 4.74 Å². The van der Waals surface area contributed by atoms with Crippen molar-refractivity contribution in [3.8, 4) is 17.0 Å². The summed E-state index contributed by atoms with van der Waals surface area (Å²) in [4.78, 5) is 8.62. The lowest BCUT2D eigenvalue weighted by Gasteiger charge is -2.18. The molecule has 0 spiro atoms. The molecule has 22 heavy (non-hydrogen) atoms. The fourth-order valence-electron chi connectivity index (χ4n) is 2.45. The summed E-state index contributed by atoms with van der Waals surface area (Å²) in [6, 6.07) is 9.89. The number of imidazole rings is 1. The third kappa shape index (κ3) is 2.94. The summed E-state index contributed by atoms with van der Waals surface area (Å²) in [6.45, 7) is 4.07. The second-order valence-electron chi connectivity index (χ2n) is 5.98. The number of pyridine rings is 1. The molecule has 0 aliphatic carbocycles. The third-order valence-electron chi connectivity index (χ3n) is 3.46. The zero-order chi connectivity index (χ0) is 15.7. The second kappa shape index (κ2) is 5.42. The predicted octanol–water partition coefficient (Wildman–Crippen LogP) is 2.88. The summed E-state index contributed by atoms with van der Waals surface area (Å²) in [5, 5.41) is 10.0. The first kappa shape index (κ1) is 14.5. The van der Waals surface area contributed by atoms with Crippen LogP contribution in [0.2, 0.25) is 0 Å². The van der Waals surface area contributed by atoms with E-state index in [0.717, 1.165) is 22.2 Å². The van der Waals surface area contributed by atoms with Crippen LogP contribution in [0, 0.1) is 0 Å². The minimum atomic E-state index is -0.786. The van der Waals surface area contributed by atoms with Gasteiger partial charge in [-0.25, -0.2) is 9.97 Å². The topological polar surface area (TPSA) is 60.2 Å². The molecule has 114 valence electrons. The highest BCUT2D eigenvalue weighted by molar-refractivity contribution is 5.82. The maximum Gasteiger partial charge on any atom is 0.212 e. The summed E-state index contributed by atoms with van der Waals surface area (Å²) in [5.41, 5.74) is 3.19. The minimum absolute atomic E-state index is 0.494. The van der Waals surface area contributed by atoms with Crippen LogP contribution in [0.25, 0.3) is 22.2 Å². The van der Waals surface area contributed by atoms with Crippen LogP contribution in [0.5, 0.6) is 5.88 Å². The van der Waals surface area contributed by atoms with Gasteiger partial charge in [0.05, 0.1) is 36.6 Å². The molecule has 2 aromatic heterocycles. The summed E-state index contributed by atoms with van der Waals surface area (Å²) < 4.78 is 7.05. The average Bonchev–Trinajstić information content (AvgIpc) is 2.88. The average molecular weight is 297 g/mol. The Balaban J connectivity index is 2.02. The Kier molecular flexibility index (Phi) is 3.58. The zero-order valence-corrected chi connectivity index (χ0v) is 12.9. The van der Waals surface area contributed by atoms with Crippen LogP contribution in [0.4, 0.5) is 0 Å². The molecule has 3 aromatic rings. The molecule has 0 fully saturated rings. The number of methoxy groups -OCH3 is 1. The summed E-state index contributed by atoms with van der Waals surface area (Å²) in [6.07, 6.45) is 3.55. The molecule has 0 atom stereocenters. The van der Waals surface area contributed by atoms with Gasteiger partial charge in [-0.3, -0.25) is 0 Å². The molecule has 0 aliphatic rings. The minimum Gasteiger partial charge on any atom is -0.481 e. The maximum absolute atomic E-state index is 10.0. The van der Waals surface area contributed by atoms with Gasteiger partial charge >= 0.3 is 0 Å². The molecule has 0 bridgehead atoms. The van der Waals surface area contributed by atoms with Crippen molar-refractivity contribution in [1.29, 1.82) is 0 Å². The van der Waals surface area contributed by atoms with Crippen molar-refractivity contribution in [2.45, 2.75) is 26.0 Å². The number of fused-ring (bicyclic) bond motifs is 1. The van der Waals surface area contributed by atoms with Crippen molar-refractivity contribution in [2.75, 3.05) is 7.11 Å². The summed E-state index contributed by atoms with van der Waals surface area (Å²) in [7, 11) is 1.60. The molecular formula is C17H19N3O2. The van der Waals surface area contributed by atoms with E-state index in [1.165, 1.54) is 0 Å². The summed E-state index contributed by atoms with van der Waals surface area (Å²) in [5.74, 6) is 0.594. The van der Waals surface area contributed by atoms with Gasteiger partial charge in [0.15, 0.2) is 0 Å². The van der Waals surface area contributed by atoms with Gasteiger partial charge in [-0.05, 0) is 37.6 Å². The SMILES string of the molecule is COc1ccc(-c2ccc3ncn(CC(C)(C)O)c3c2)cn1. The van der Waals surface area contributed by atoms with E-state index in [1.54, 1.807) is 33.5 Å².